The molecule has 1 aromatic carbocycles. The van der Waals surface area contributed by atoms with Gasteiger partial charge in [0.1, 0.15) is 11.4 Å². The number of nitrogens with zero attached hydrogens (tertiary/aromatic N) is 2. The van der Waals surface area contributed by atoms with Crippen molar-refractivity contribution in [3.8, 4) is 5.75 Å². The van der Waals surface area contributed by atoms with Crippen molar-refractivity contribution >= 4 is 27.5 Å². The van der Waals surface area contributed by atoms with Crippen molar-refractivity contribution in [2.24, 2.45) is 0 Å². The Kier molecular flexibility index (Phi) is 5.79. The highest BCUT2D eigenvalue weighted by Gasteiger charge is 2.43. The third-order valence-electron chi connectivity index (χ3n) is 5.15. The largest absolute Gasteiger partial charge is 0.485 e. The molecular weight excluding hydrogens is 376 g/mol. The Morgan fingerprint density at radius 1 is 1.27 bits per heavy atom. The van der Waals surface area contributed by atoms with Gasteiger partial charge in [0.2, 0.25) is 15.9 Å². The van der Waals surface area contributed by atoms with Gasteiger partial charge in [-0.2, -0.15) is 0 Å². The molecule has 0 aliphatic carbocycles. The van der Waals surface area contributed by atoms with Crippen LogP contribution < -0.4 is 4.74 Å². The molecule has 1 aromatic rings. The minimum atomic E-state index is -3.29. The van der Waals surface area contributed by atoms with Crippen LogP contribution in [0.25, 0.3) is 0 Å². The second-order valence-corrected chi connectivity index (χ2v) is 9.49. The molecule has 0 radical (unpaired) electrons. The van der Waals surface area contributed by atoms with E-state index in [2.05, 4.69) is 0 Å². The van der Waals surface area contributed by atoms with Crippen molar-refractivity contribution < 1.29 is 17.9 Å². The number of para-hydroxylation sites is 1. The van der Waals surface area contributed by atoms with E-state index in [4.69, 9.17) is 16.3 Å². The zero-order valence-corrected chi connectivity index (χ0v) is 16.6. The summed E-state index contributed by atoms with van der Waals surface area (Å²) in [5, 5.41) is 0. The number of carbonyl (C=O) groups excluding carboxylic acids is 1. The summed E-state index contributed by atoms with van der Waals surface area (Å²) in [7, 11) is -3.29. The molecule has 1 spiro atoms. The first-order valence-corrected chi connectivity index (χ1v) is 11.1. The van der Waals surface area contributed by atoms with Crippen LogP contribution in [0.3, 0.4) is 0 Å². The Balaban J connectivity index is 1.79. The summed E-state index contributed by atoms with van der Waals surface area (Å²) in [5.74, 6) is 1.20. The number of alkyl halides is 1. The van der Waals surface area contributed by atoms with Crippen LogP contribution in [-0.4, -0.2) is 60.4 Å². The number of benzene rings is 1. The zero-order valence-electron chi connectivity index (χ0n) is 15.0. The predicted molar refractivity (Wildman–Crippen MR) is 101 cm³/mol. The Labute approximate surface area is 160 Å². The van der Waals surface area contributed by atoms with Crippen LogP contribution in [0.5, 0.6) is 5.75 Å². The monoisotopic (exact) mass is 400 g/mol. The summed E-state index contributed by atoms with van der Waals surface area (Å²) >= 11 is 5.63. The molecule has 0 bridgehead atoms. The first kappa shape index (κ1) is 19.5. The van der Waals surface area contributed by atoms with E-state index < -0.39 is 15.6 Å². The fourth-order valence-corrected chi connectivity index (χ4v) is 5.43. The molecule has 1 saturated heterocycles. The molecule has 0 unspecified atom stereocenters. The molecule has 6 nitrogen and oxygen atoms in total. The highest BCUT2D eigenvalue weighted by atomic mass is 35.5. The summed E-state index contributed by atoms with van der Waals surface area (Å²) in [4.78, 5) is 13.9. The molecule has 1 fully saturated rings. The molecule has 0 saturated carbocycles. The van der Waals surface area contributed by atoms with Gasteiger partial charge in [0, 0.05) is 50.8 Å². The van der Waals surface area contributed by atoms with E-state index in [1.54, 1.807) is 11.8 Å². The van der Waals surface area contributed by atoms with Gasteiger partial charge in [-0.05, 0) is 12.5 Å². The third kappa shape index (κ3) is 4.15. The van der Waals surface area contributed by atoms with Crippen molar-refractivity contribution in [2.75, 3.05) is 31.3 Å². The lowest BCUT2D eigenvalue weighted by atomic mass is 9.91. The molecule has 144 valence electrons. The number of rotatable bonds is 4. The van der Waals surface area contributed by atoms with Crippen LogP contribution in [-0.2, 0) is 21.4 Å². The maximum atomic E-state index is 12.4. The second kappa shape index (κ2) is 7.74. The quantitative estimate of drug-likeness (QED) is 0.727. The summed E-state index contributed by atoms with van der Waals surface area (Å²) in [6.45, 7) is 3.36. The van der Waals surface area contributed by atoms with Gasteiger partial charge in [0.25, 0.3) is 0 Å². The number of halogens is 1. The number of hydrogen-bond donors (Lipinski definition) is 0. The first-order chi connectivity index (χ1) is 12.4. The van der Waals surface area contributed by atoms with E-state index in [9.17, 15) is 13.2 Å². The van der Waals surface area contributed by atoms with Gasteiger partial charge in [0.05, 0.1) is 12.3 Å². The number of amides is 1. The SMILES string of the molecule is CC(=O)N1Cc2ccccc2OC2(CCN(S(=O)(=O)CCCCl)CC2)C1. The molecule has 1 amide bonds. The molecule has 8 heteroatoms. The molecule has 3 rings (SSSR count). The average Bonchev–Trinajstić information content (AvgIpc) is 2.77. The molecule has 0 N–H and O–H groups in total. The number of hydrogen-bond acceptors (Lipinski definition) is 4. The lowest BCUT2D eigenvalue weighted by molar-refractivity contribution is -0.132. The van der Waals surface area contributed by atoms with E-state index in [1.165, 1.54) is 4.31 Å². The highest BCUT2D eigenvalue weighted by Crippen LogP contribution is 2.36. The first-order valence-electron chi connectivity index (χ1n) is 8.91. The minimum absolute atomic E-state index is 0.00171. The van der Waals surface area contributed by atoms with Crippen molar-refractivity contribution in [3.05, 3.63) is 29.8 Å². The topological polar surface area (TPSA) is 66.9 Å². The average molecular weight is 401 g/mol. The number of sulfonamides is 1. The summed E-state index contributed by atoms with van der Waals surface area (Å²) in [6.07, 6.45) is 1.57. The van der Waals surface area contributed by atoms with Gasteiger partial charge < -0.3 is 9.64 Å². The van der Waals surface area contributed by atoms with Gasteiger partial charge in [-0.3, -0.25) is 4.79 Å². The maximum absolute atomic E-state index is 12.4. The van der Waals surface area contributed by atoms with Crippen molar-refractivity contribution in [1.82, 2.24) is 9.21 Å². The van der Waals surface area contributed by atoms with Crippen molar-refractivity contribution in [1.29, 1.82) is 0 Å². The summed E-state index contributed by atoms with van der Waals surface area (Å²) in [6, 6.07) is 7.74. The van der Waals surface area contributed by atoms with Crippen molar-refractivity contribution in [3.63, 3.8) is 0 Å². The Bertz CT molecular complexity index is 760. The van der Waals surface area contributed by atoms with Crippen molar-refractivity contribution in [2.45, 2.75) is 38.3 Å². The van der Waals surface area contributed by atoms with Crippen LogP contribution in [0.1, 0.15) is 31.7 Å². The van der Waals surface area contributed by atoms with Gasteiger partial charge in [0.15, 0.2) is 0 Å². The molecule has 2 aliphatic rings. The number of carbonyl (C=O) groups is 1. The molecular formula is C18H25ClN2O4S. The smallest absolute Gasteiger partial charge is 0.219 e. The van der Waals surface area contributed by atoms with Crippen LogP contribution in [0.2, 0.25) is 0 Å². The standard InChI is InChI=1S/C18H25ClN2O4S/c1-15(22)20-13-16-5-2-3-6-17(16)25-18(14-20)7-10-21(11-8-18)26(23,24)12-4-9-19/h2-3,5-6H,4,7-14H2,1H3. The highest BCUT2D eigenvalue weighted by molar-refractivity contribution is 7.89. The van der Waals surface area contributed by atoms with E-state index in [-0.39, 0.29) is 11.7 Å². The van der Waals surface area contributed by atoms with Gasteiger partial charge in [-0.15, -0.1) is 11.6 Å². The molecule has 2 aliphatic heterocycles. The lowest BCUT2D eigenvalue weighted by Crippen LogP contribution is -2.55. The van der Waals surface area contributed by atoms with Crippen LogP contribution in [0.15, 0.2) is 24.3 Å². The van der Waals surface area contributed by atoms with Crippen LogP contribution in [0.4, 0.5) is 0 Å². The van der Waals surface area contributed by atoms with Crippen LogP contribution >= 0.6 is 11.6 Å². The molecule has 0 aromatic heterocycles. The fraction of sp³-hybridized carbons (Fsp3) is 0.611. The Morgan fingerprint density at radius 2 is 1.96 bits per heavy atom. The van der Waals surface area contributed by atoms with E-state index in [0.29, 0.717) is 51.3 Å². The second-order valence-electron chi connectivity index (χ2n) is 7.03. The van der Waals surface area contributed by atoms with Gasteiger partial charge >= 0.3 is 0 Å². The van der Waals surface area contributed by atoms with E-state index in [0.717, 1.165) is 11.3 Å². The zero-order chi connectivity index (χ0) is 18.8. The minimum Gasteiger partial charge on any atom is -0.485 e. The number of fused-ring (bicyclic) bond motifs is 1. The van der Waals surface area contributed by atoms with Gasteiger partial charge in [-0.25, -0.2) is 12.7 Å². The summed E-state index contributed by atoms with van der Waals surface area (Å²) < 4.78 is 32.7. The lowest BCUT2D eigenvalue weighted by Gasteiger charge is -2.42. The fourth-order valence-electron chi connectivity index (χ4n) is 3.63. The predicted octanol–water partition coefficient (Wildman–Crippen LogP) is 2.22. The molecule has 2 heterocycles. The maximum Gasteiger partial charge on any atom is 0.219 e. The number of piperidine rings is 1. The molecule has 0 atom stereocenters. The Morgan fingerprint density at radius 3 is 2.62 bits per heavy atom. The molecule has 26 heavy (non-hydrogen) atoms. The summed E-state index contributed by atoms with van der Waals surface area (Å²) in [5.41, 5.74) is 0.438. The van der Waals surface area contributed by atoms with Gasteiger partial charge in [-0.1, -0.05) is 18.2 Å². The third-order valence-corrected chi connectivity index (χ3v) is 7.37. The number of ether oxygens (including phenoxy) is 1. The Hall–Kier alpha value is -1.31. The normalized spacial score (nSPS) is 20.3. The van der Waals surface area contributed by atoms with E-state index in [1.807, 2.05) is 24.3 Å². The van der Waals surface area contributed by atoms with Crippen LogP contribution in [0, 0.1) is 0 Å². The van der Waals surface area contributed by atoms with E-state index >= 15 is 0 Å².